The summed E-state index contributed by atoms with van der Waals surface area (Å²) in [6.45, 7) is 4.22. The van der Waals surface area contributed by atoms with Crippen LogP contribution in [-0.4, -0.2) is 70.4 Å². The smallest absolute Gasteiger partial charge is 0.241 e. The normalized spacial score (nSPS) is 14.6. The molecule has 3 rings (SSSR count). The molecule has 1 N–H and O–H groups in total. The molecule has 1 aromatic heterocycles. The predicted octanol–water partition coefficient (Wildman–Crippen LogP) is 0.791. The van der Waals surface area contributed by atoms with E-state index < -0.39 is 15.8 Å². The first-order valence-electron chi connectivity index (χ1n) is 9.47. The fourth-order valence-electron chi connectivity index (χ4n) is 2.74. The van der Waals surface area contributed by atoms with Gasteiger partial charge < -0.3 is 19.3 Å². The zero-order valence-corrected chi connectivity index (χ0v) is 17.9. The molecule has 1 aromatic carbocycles. The molecule has 0 spiro atoms. The van der Waals surface area contributed by atoms with Crippen molar-refractivity contribution in [2.45, 2.75) is 18.4 Å². The van der Waals surface area contributed by atoms with Crippen LogP contribution in [0.25, 0.3) is 0 Å². The van der Waals surface area contributed by atoms with Gasteiger partial charge in [-0.3, -0.25) is 0 Å². The summed E-state index contributed by atoms with van der Waals surface area (Å²) in [6, 6.07) is 3.50. The third kappa shape index (κ3) is 5.32. The van der Waals surface area contributed by atoms with Crippen LogP contribution in [0.2, 0.25) is 0 Å². The molecule has 1 fully saturated rings. The minimum atomic E-state index is -3.98. The average Bonchev–Trinajstić information content (AvgIpc) is 2.74. The summed E-state index contributed by atoms with van der Waals surface area (Å²) in [4.78, 5) is 16.6. The van der Waals surface area contributed by atoms with Crippen LogP contribution in [0.4, 0.5) is 16.3 Å². The van der Waals surface area contributed by atoms with Crippen molar-refractivity contribution in [1.82, 2.24) is 19.7 Å². The molecule has 10 nitrogen and oxygen atoms in total. The van der Waals surface area contributed by atoms with E-state index in [9.17, 15) is 12.8 Å². The van der Waals surface area contributed by atoms with E-state index in [1.807, 2.05) is 4.90 Å². The van der Waals surface area contributed by atoms with Crippen molar-refractivity contribution < 1.29 is 22.3 Å². The Bertz CT molecular complexity index is 983. The van der Waals surface area contributed by atoms with Gasteiger partial charge in [-0.05, 0) is 25.1 Å². The maximum atomic E-state index is 14.1. The number of rotatable bonds is 8. The van der Waals surface area contributed by atoms with Gasteiger partial charge in [0.25, 0.3) is 0 Å². The van der Waals surface area contributed by atoms with Crippen LogP contribution in [0.1, 0.15) is 12.7 Å². The van der Waals surface area contributed by atoms with Gasteiger partial charge in [-0.1, -0.05) is 0 Å². The Morgan fingerprint density at radius 3 is 2.60 bits per heavy atom. The van der Waals surface area contributed by atoms with Crippen LogP contribution in [0.3, 0.4) is 0 Å². The van der Waals surface area contributed by atoms with Crippen LogP contribution < -0.4 is 19.3 Å². The molecule has 0 saturated carbocycles. The SMILES string of the molecule is CCOc1ccc(S(=O)(=O)NCc2nc(N(C)C)nc(N3CCOCC3)n2)cc1F. The van der Waals surface area contributed by atoms with Gasteiger partial charge in [0, 0.05) is 27.2 Å². The lowest BCUT2D eigenvalue weighted by Gasteiger charge is -2.27. The number of ether oxygens (including phenoxy) is 2. The van der Waals surface area contributed by atoms with Crippen molar-refractivity contribution >= 4 is 21.9 Å². The molecular formula is C18H25FN6O4S. The van der Waals surface area contributed by atoms with E-state index >= 15 is 0 Å². The number of nitrogens with one attached hydrogen (secondary N) is 1. The van der Waals surface area contributed by atoms with Crippen molar-refractivity contribution in [3.8, 4) is 5.75 Å². The lowest BCUT2D eigenvalue weighted by atomic mass is 10.3. The molecule has 2 aromatic rings. The Morgan fingerprint density at radius 1 is 1.23 bits per heavy atom. The highest BCUT2D eigenvalue weighted by molar-refractivity contribution is 7.89. The summed E-state index contributed by atoms with van der Waals surface area (Å²) in [6.07, 6.45) is 0. The quantitative estimate of drug-likeness (QED) is 0.637. The second-order valence-corrected chi connectivity index (χ2v) is 8.46. The second-order valence-electron chi connectivity index (χ2n) is 6.70. The van der Waals surface area contributed by atoms with Crippen molar-refractivity contribution in [2.75, 3.05) is 56.8 Å². The Kier molecular flexibility index (Phi) is 7.00. The standard InChI is InChI=1S/C18H25FN6O4S/c1-4-29-15-6-5-13(11-14(15)19)30(26,27)20-12-16-21-17(24(2)3)23-18(22-16)25-7-9-28-10-8-25/h5-6,11,20H,4,7-10,12H2,1-3H3. The first-order chi connectivity index (χ1) is 14.3. The third-order valence-corrected chi connectivity index (χ3v) is 5.68. The molecule has 0 radical (unpaired) electrons. The monoisotopic (exact) mass is 440 g/mol. The predicted molar refractivity (Wildman–Crippen MR) is 109 cm³/mol. The van der Waals surface area contributed by atoms with Crippen molar-refractivity contribution in [3.05, 3.63) is 29.8 Å². The molecule has 0 amide bonds. The number of nitrogens with zero attached hydrogens (tertiary/aromatic N) is 5. The Balaban J connectivity index is 1.79. The van der Waals surface area contributed by atoms with Gasteiger partial charge in [-0.15, -0.1) is 0 Å². The maximum Gasteiger partial charge on any atom is 0.241 e. The van der Waals surface area contributed by atoms with E-state index in [-0.39, 0.29) is 29.6 Å². The molecule has 0 aliphatic carbocycles. The molecule has 1 aliphatic rings. The molecule has 0 unspecified atom stereocenters. The van der Waals surface area contributed by atoms with E-state index in [2.05, 4.69) is 19.7 Å². The molecule has 1 aliphatic heterocycles. The van der Waals surface area contributed by atoms with E-state index in [1.165, 1.54) is 12.1 Å². The highest BCUT2D eigenvalue weighted by atomic mass is 32.2. The van der Waals surface area contributed by atoms with Crippen LogP contribution in [0.15, 0.2) is 23.1 Å². The fourth-order valence-corrected chi connectivity index (χ4v) is 3.73. The largest absolute Gasteiger partial charge is 0.491 e. The van der Waals surface area contributed by atoms with Gasteiger partial charge in [-0.25, -0.2) is 17.5 Å². The lowest BCUT2D eigenvalue weighted by Crippen LogP contribution is -2.38. The zero-order valence-electron chi connectivity index (χ0n) is 17.1. The van der Waals surface area contributed by atoms with Gasteiger partial charge in [0.15, 0.2) is 17.4 Å². The van der Waals surface area contributed by atoms with Crippen LogP contribution in [-0.2, 0) is 21.3 Å². The van der Waals surface area contributed by atoms with Crippen molar-refractivity contribution in [3.63, 3.8) is 0 Å². The molecule has 2 heterocycles. The number of benzene rings is 1. The summed E-state index contributed by atoms with van der Waals surface area (Å²) < 4.78 is 52.1. The highest BCUT2D eigenvalue weighted by Crippen LogP contribution is 2.21. The molecule has 0 atom stereocenters. The van der Waals surface area contributed by atoms with Crippen molar-refractivity contribution in [2.24, 2.45) is 0 Å². The Morgan fingerprint density at radius 2 is 1.97 bits per heavy atom. The number of hydrogen-bond donors (Lipinski definition) is 1. The van der Waals surface area contributed by atoms with E-state index in [4.69, 9.17) is 9.47 Å². The Labute approximate surface area is 175 Å². The van der Waals surface area contributed by atoms with E-state index in [0.717, 1.165) is 6.07 Å². The fraction of sp³-hybridized carbons (Fsp3) is 0.500. The molecule has 1 saturated heterocycles. The number of halogens is 1. The number of aromatic nitrogens is 3. The maximum absolute atomic E-state index is 14.1. The molecule has 164 valence electrons. The van der Waals surface area contributed by atoms with Crippen molar-refractivity contribution in [1.29, 1.82) is 0 Å². The molecule has 30 heavy (non-hydrogen) atoms. The first kappa shape index (κ1) is 22.1. The summed E-state index contributed by atoms with van der Waals surface area (Å²) in [5.74, 6) is 0.375. The second kappa shape index (κ2) is 9.49. The lowest BCUT2D eigenvalue weighted by molar-refractivity contribution is 0.122. The summed E-state index contributed by atoms with van der Waals surface area (Å²) >= 11 is 0. The van der Waals surface area contributed by atoms with Gasteiger partial charge in [0.1, 0.15) is 0 Å². The summed E-state index contributed by atoms with van der Waals surface area (Å²) in [7, 11) is -0.403. The minimum Gasteiger partial charge on any atom is -0.491 e. The number of morpholine rings is 1. The average molecular weight is 441 g/mol. The highest BCUT2D eigenvalue weighted by Gasteiger charge is 2.20. The summed E-state index contributed by atoms with van der Waals surface area (Å²) in [5, 5.41) is 0. The van der Waals surface area contributed by atoms with Gasteiger partial charge >= 0.3 is 0 Å². The van der Waals surface area contributed by atoms with Crippen LogP contribution in [0, 0.1) is 5.82 Å². The Hall–Kier alpha value is -2.57. The summed E-state index contributed by atoms with van der Waals surface area (Å²) in [5.41, 5.74) is 0. The van der Waals surface area contributed by atoms with Crippen LogP contribution >= 0.6 is 0 Å². The van der Waals surface area contributed by atoms with Crippen LogP contribution in [0.5, 0.6) is 5.75 Å². The van der Waals surface area contributed by atoms with Gasteiger partial charge in [0.2, 0.25) is 21.9 Å². The first-order valence-corrected chi connectivity index (χ1v) is 11.0. The zero-order chi connectivity index (χ0) is 21.7. The van der Waals surface area contributed by atoms with Gasteiger partial charge in [-0.2, -0.15) is 15.0 Å². The number of sulfonamides is 1. The number of anilines is 2. The minimum absolute atomic E-state index is 0.000283. The number of hydrogen-bond acceptors (Lipinski definition) is 9. The molecular weight excluding hydrogens is 415 g/mol. The van der Waals surface area contributed by atoms with E-state index in [1.54, 1.807) is 25.9 Å². The molecule has 12 heteroatoms. The topological polar surface area (TPSA) is 110 Å². The molecule has 0 bridgehead atoms. The van der Waals surface area contributed by atoms with Gasteiger partial charge in [0.05, 0.1) is 31.3 Å². The van der Waals surface area contributed by atoms with E-state index in [0.29, 0.717) is 38.2 Å². The third-order valence-electron chi connectivity index (χ3n) is 4.29.